The summed E-state index contributed by atoms with van der Waals surface area (Å²) in [4.78, 5) is 28.6. The first-order valence-corrected chi connectivity index (χ1v) is 8.92. The normalized spacial score (nSPS) is 26.6. The van der Waals surface area contributed by atoms with Crippen LogP contribution in [-0.2, 0) is 4.74 Å². The summed E-state index contributed by atoms with van der Waals surface area (Å²) in [6, 6.07) is 9.98. The molecule has 0 aliphatic carbocycles. The highest BCUT2D eigenvalue weighted by atomic mass is 19.1. The number of anilines is 1. The lowest BCUT2D eigenvalue weighted by Gasteiger charge is -2.26. The van der Waals surface area contributed by atoms with Crippen molar-refractivity contribution in [3.8, 4) is 0 Å². The zero-order valence-electron chi connectivity index (χ0n) is 15.5. The van der Waals surface area contributed by atoms with Gasteiger partial charge in [-0.3, -0.25) is 9.36 Å². The largest absolute Gasteiger partial charge is 0.351 e. The van der Waals surface area contributed by atoms with Crippen LogP contribution in [0, 0.1) is 5.92 Å². The number of alkyl halides is 1. The lowest BCUT2D eigenvalue weighted by atomic mass is 9.86. The number of rotatable bonds is 6. The molecule has 2 aromatic rings. The molecule has 0 bridgehead atoms. The van der Waals surface area contributed by atoms with Gasteiger partial charge in [-0.1, -0.05) is 30.4 Å². The number of benzene rings is 1. The Morgan fingerprint density at radius 2 is 2.07 bits per heavy atom. The van der Waals surface area contributed by atoms with Gasteiger partial charge in [0, 0.05) is 17.7 Å². The van der Waals surface area contributed by atoms with Crippen LogP contribution in [0.15, 0.2) is 72.7 Å². The average Bonchev–Trinajstić information content (AvgIpc) is 2.92. The Bertz CT molecular complexity index is 939. The number of hydrogen-bond acceptors (Lipinski definition) is 4. The number of ether oxygens (including phenoxy) is 1. The predicted molar refractivity (Wildman–Crippen MR) is 105 cm³/mol. The molecular weight excluding hydrogens is 361 g/mol. The van der Waals surface area contributed by atoms with Crippen molar-refractivity contribution in [3.05, 3.63) is 84.0 Å². The fraction of sp³-hybridized carbons (Fsp3) is 0.286. The van der Waals surface area contributed by atoms with E-state index in [0.717, 1.165) is 4.57 Å². The SMILES string of the molecule is C=CC[C@H]1O[C@@H](n2ccc(NC(=O)c3ccccc3)nc2=O)[C@](C)(F)[C@@H]1C=C. The highest BCUT2D eigenvalue weighted by Gasteiger charge is 2.53. The van der Waals surface area contributed by atoms with Crippen molar-refractivity contribution in [1.29, 1.82) is 0 Å². The Morgan fingerprint density at radius 1 is 1.36 bits per heavy atom. The zero-order chi connectivity index (χ0) is 20.3. The van der Waals surface area contributed by atoms with Crippen LogP contribution in [0.2, 0.25) is 0 Å². The smallest absolute Gasteiger partial charge is 0.350 e. The molecule has 1 amide bonds. The highest BCUT2D eigenvalue weighted by molar-refractivity contribution is 6.03. The van der Waals surface area contributed by atoms with Gasteiger partial charge in [-0.25, -0.2) is 9.18 Å². The molecule has 6 nitrogen and oxygen atoms in total. The molecule has 0 saturated carbocycles. The van der Waals surface area contributed by atoms with Gasteiger partial charge in [-0.2, -0.15) is 4.98 Å². The van der Waals surface area contributed by atoms with Crippen molar-refractivity contribution in [2.75, 3.05) is 5.32 Å². The van der Waals surface area contributed by atoms with Gasteiger partial charge in [0.1, 0.15) is 5.82 Å². The first-order chi connectivity index (χ1) is 13.4. The molecule has 7 heteroatoms. The van der Waals surface area contributed by atoms with Gasteiger partial charge in [0.25, 0.3) is 5.91 Å². The van der Waals surface area contributed by atoms with Crippen LogP contribution >= 0.6 is 0 Å². The van der Waals surface area contributed by atoms with Crippen LogP contribution < -0.4 is 11.0 Å². The van der Waals surface area contributed by atoms with Gasteiger partial charge in [-0.05, 0) is 31.5 Å². The van der Waals surface area contributed by atoms with Crippen LogP contribution in [-0.4, -0.2) is 27.2 Å². The van der Waals surface area contributed by atoms with E-state index in [0.29, 0.717) is 12.0 Å². The Morgan fingerprint density at radius 3 is 2.68 bits per heavy atom. The van der Waals surface area contributed by atoms with Gasteiger partial charge in [0.2, 0.25) is 0 Å². The van der Waals surface area contributed by atoms with Crippen LogP contribution in [0.3, 0.4) is 0 Å². The number of amides is 1. The summed E-state index contributed by atoms with van der Waals surface area (Å²) < 4.78 is 22.3. The molecule has 0 unspecified atom stereocenters. The first-order valence-electron chi connectivity index (χ1n) is 8.92. The van der Waals surface area contributed by atoms with Gasteiger partial charge in [-0.15, -0.1) is 13.2 Å². The molecule has 1 fully saturated rings. The molecule has 28 heavy (non-hydrogen) atoms. The molecule has 0 spiro atoms. The molecule has 146 valence electrons. The first kappa shape index (κ1) is 19.7. The van der Waals surface area contributed by atoms with Crippen molar-refractivity contribution in [2.45, 2.75) is 31.3 Å². The quantitative estimate of drug-likeness (QED) is 0.775. The third-order valence-corrected chi connectivity index (χ3v) is 4.85. The fourth-order valence-electron chi connectivity index (χ4n) is 3.44. The van der Waals surface area contributed by atoms with E-state index in [1.54, 1.807) is 36.4 Å². The van der Waals surface area contributed by atoms with Crippen molar-refractivity contribution < 1.29 is 13.9 Å². The van der Waals surface area contributed by atoms with E-state index in [-0.39, 0.29) is 5.82 Å². The number of halogens is 1. The van der Waals surface area contributed by atoms with E-state index in [1.165, 1.54) is 25.3 Å². The Kier molecular flexibility index (Phi) is 5.56. The molecule has 0 radical (unpaired) electrons. The minimum Gasteiger partial charge on any atom is -0.350 e. The number of aromatic nitrogens is 2. The van der Waals surface area contributed by atoms with E-state index < -0.39 is 35.5 Å². The van der Waals surface area contributed by atoms with E-state index in [9.17, 15) is 9.59 Å². The van der Waals surface area contributed by atoms with E-state index in [4.69, 9.17) is 4.74 Å². The number of hydrogen-bond donors (Lipinski definition) is 1. The van der Waals surface area contributed by atoms with Gasteiger partial charge >= 0.3 is 5.69 Å². The fourth-order valence-corrected chi connectivity index (χ4v) is 3.44. The number of carbonyl (C=O) groups is 1. The molecule has 4 atom stereocenters. The lowest BCUT2D eigenvalue weighted by Crippen LogP contribution is -2.39. The molecule has 1 aliphatic heterocycles. The average molecular weight is 383 g/mol. The Balaban J connectivity index is 1.84. The van der Waals surface area contributed by atoms with Gasteiger partial charge in [0.05, 0.1) is 6.10 Å². The monoisotopic (exact) mass is 383 g/mol. The maximum atomic E-state index is 15.4. The lowest BCUT2D eigenvalue weighted by molar-refractivity contribution is -0.0485. The molecule has 1 aromatic heterocycles. The highest BCUT2D eigenvalue weighted by Crippen LogP contribution is 2.46. The Labute approximate surface area is 162 Å². The van der Waals surface area contributed by atoms with E-state index in [1.807, 2.05) is 0 Å². The van der Waals surface area contributed by atoms with Crippen molar-refractivity contribution in [2.24, 2.45) is 5.92 Å². The number of nitrogens with one attached hydrogen (secondary N) is 1. The third kappa shape index (κ3) is 3.66. The third-order valence-electron chi connectivity index (χ3n) is 4.85. The maximum absolute atomic E-state index is 15.4. The summed E-state index contributed by atoms with van der Waals surface area (Å²) in [5.41, 5.74) is -2.14. The molecule has 1 N–H and O–H groups in total. The maximum Gasteiger partial charge on any atom is 0.351 e. The molecular formula is C21H22FN3O3. The Hall–Kier alpha value is -3.06. The van der Waals surface area contributed by atoms with Crippen molar-refractivity contribution in [3.63, 3.8) is 0 Å². The molecule has 1 saturated heterocycles. The van der Waals surface area contributed by atoms with Crippen LogP contribution in [0.4, 0.5) is 10.2 Å². The standard InChI is InChI=1S/C21H22FN3O3/c1-4-9-16-15(5-2)21(3,22)19(28-16)25-13-12-17(24-20(25)27)23-18(26)14-10-7-6-8-11-14/h4-8,10-13,15-16,19H,1-2,9H2,3H3,(H,23,24,26,27)/t15-,16-,19-,21-/m1/s1. The zero-order valence-corrected chi connectivity index (χ0v) is 15.5. The summed E-state index contributed by atoms with van der Waals surface area (Å²) in [7, 11) is 0. The summed E-state index contributed by atoms with van der Waals surface area (Å²) in [5, 5.41) is 2.56. The summed E-state index contributed by atoms with van der Waals surface area (Å²) >= 11 is 0. The number of carbonyl (C=O) groups excluding carboxylic acids is 1. The summed E-state index contributed by atoms with van der Waals surface area (Å²) in [5.74, 6) is -0.910. The summed E-state index contributed by atoms with van der Waals surface area (Å²) in [6.45, 7) is 8.73. The van der Waals surface area contributed by atoms with Crippen LogP contribution in [0.1, 0.15) is 29.9 Å². The van der Waals surface area contributed by atoms with Crippen LogP contribution in [0.25, 0.3) is 0 Å². The minimum atomic E-state index is -1.85. The van der Waals surface area contributed by atoms with E-state index in [2.05, 4.69) is 23.5 Å². The molecule has 1 aliphatic rings. The number of nitrogens with zero attached hydrogens (tertiary/aromatic N) is 2. The van der Waals surface area contributed by atoms with Crippen LogP contribution in [0.5, 0.6) is 0 Å². The second-order valence-electron chi connectivity index (χ2n) is 6.79. The van der Waals surface area contributed by atoms with Crippen molar-refractivity contribution in [1.82, 2.24) is 9.55 Å². The van der Waals surface area contributed by atoms with Crippen molar-refractivity contribution >= 4 is 11.7 Å². The second kappa shape index (κ2) is 7.90. The minimum absolute atomic E-state index is 0.0802. The molecule has 3 rings (SSSR count). The molecule has 2 heterocycles. The summed E-state index contributed by atoms with van der Waals surface area (Å²) in [6.07, 6.45) is 3.32. The second-order valence-corrected chi connectivity index (χ2v) is 6.79. The predicted octanol–water partition coefficient (Wildman–Crippen LogP) is 3.50. The van der Waals surface area contributed by atoms with Gasteiger partial charge in [0.15, 0.2) is 11.9 Å². The van der Waals surface area contributed by atoms with E-state index >= 15 is 4.39 Å². The van der Waals surface area contributed by atoms with Gasteiger partial charge < -0.3 is 10.1 Å². The topological polar surface area (TPSA) is 73.2 Å². The molecule has 1 aromatic carbocycles.